The van der Waals surface area contributed by atoms with Crippen LogP contribution in [0.15, 0.2) is 0 Å². The standard InChI is InChI=1S/C22H42NO6.BH4/c1-15(2)9-11-20(24)27-23(28-21(25)12-10-16(3)4)29-22(26)19(13-17(5)6)14-18(7)8;/h15-19,23H,9-14H2,1-8H3;1H4/q+1;-1. The van der Waals surface area contributed by atoms with Gasteiger partial charge in [0.1, 0.15) is 0 Å². The third kappa shape index (κ3) is 16.3. The molecule has 0 atom stereocenters. The number of hydrogen-bond donors (Lipinski definition) is 1. The number of carbonyl (C=O) groups excluding carboxylic acids is 3. The fourth-order valence-corrected chi connectivity index (χ4v) is 2.76. The van der Waals surface area contributed by atoms with Crippen LogP contribution in [0.25, 0.3) is 0 Å². The first-order chi connectivity index (χ1) is 13.4. The molecular weight excluding hydrogens is 385 g/mol. The highest BCUT2D eigenvalue weighted by atomic mass is 17.2. The Kier molecular flexibility index (Phi) is 16.5. The highest BCUT2D eigenvalue weighted by molar-refractivity contribution is 5.75. The molecule has 1 N–H and O–H groups in total. The number of quaternary nitrogens is 1. The van der Waals surface area contributed by atoms with Crippen molar-refractivity contribution in [1.29, 1.82) is 0 Å². The van der Waals surface area contributed by atoms with E-state index in [9.17, 15) is 14.4 Å². The van der Waals surface area contributed by atoms with Crippen LogP contribution >= 0.6 is 0 Å². The molecule has 0 aromatic heterocycles. The lowest BCUT2D eigenvalue weighted by atomic mass is 9.89. The first-order valence-corrected chi connectivity index (χ1v) is 10.9. The molecule has 0 aromatic rings. The number of hydrogen-bond acceptors (Lipinski definition) is 6. The van der Waals surface area contributed by atoms with Crippen molar-refractivity contribution < 1.29 is 34.3 Å². The quantitative estimate of drug-likeness (QED) is 0.336. The molecule has 0 fully saturated rings. The minimum absolute atomic E-state index is 0. The fourth-order valence-electron chi connectivity index (χ4n) is 2.76. The van der Waals surface area contributed by atoms with Crippen LogP contribution in [0, 0.1) is 29.6 Å². The maximum atomic E-state index is 12.7. The van der Waals surface area contributed by atoms with Crippen molar-refractivity contribution in [3.05, 3.63) is 0 Å². The van der Waals surface area contributed by atoms with Gasteiger partial charge in [0.15, 0.2) is 0 Å². The Hall–Kier alpha value is -1.57. The Morgan fingerprint density at radius 3 is 1.30 bits per heavy atom. The molecule has 0 radical (unpaired) electrons. The van der Waals surface area contributed by atoms with Crippen LogP contribution < -0.4 is 5.39 Å². The van der Waals surface area contributed by atoms with E-state index in [2.05, 4.69) is 0 Å². The summed E-state index contributed by atoms with van der Waals surface area (Å²) in [6.07, 6.45) is 2.86. The van der Waals surface area contributed by atoms with Gasteiger partial charge in [-0.2, -0.15) is 14.5 Å². The zero-order chi connectivity index (χ0) is 22.6. The molecule has 0 spiro atoms. The summed E-state index contributed by atoms with van der Waals surface area (Å²) in [5.74, 6) is -0.796. The predicted molar refractivity (Wildman–Crippen MR) is 121 cm³/mol. The van der Waals surface area contributed by atoms with Gasteiger partial charge >= 0.3 is 17.9 Å². The van der Waals surface area contributed by atoms with Crippen molar-refractivity contribution in [2.24, 2.45) is 29.6 Å². The van der Waals surface area contributed by atoms with Gasteiger partial charge in [-0.05, 0) is 49.4 Å². The molecule has 8 heteroatoms. The van der Waals surface area contributed by atoms with E-state index in [1.54, 1.807) is 0 Å². The molecule has 0 aliphatic heterocycles. The zero-order valence-electron chi connectivity index (χ0n) is 19.6. The van der Waals surface area contributed by atoms with Gasteiger partial charge in [0.25, 0.3) is 0 Å². The molecule has 0 saturated carbocycles. The Morgan fingerprint density at radius 1 is 0.633 bits per heavy atom. The van der Waals surface area contributed by atoms with Gasteiger partial charge in [0.05, 0.1) is 18.8 Å². The summed E-state index contributed by atoms with van der Waals surface area (Å²) >= 11 is 0. The first-order valence-electron chi connectivity index (χ1n) is 10.9. The second kappa shape index (κ2) is 16.2. The molecule has 0 bridgehead atoms. The Morgan fingerprint density at radius 2 is 1.00 bits per heavy atom. The lowest BCUT2D eigenvalue weighted by molar-refractivity contribution is -1.34. The van der Waals surface area contributed by atoms with E-state index in [-0.39, 0.29) is 27.2 Å². The highest BCUT2D eigenvalue weighted by Crippen LogP contribution is 2.21. The van der Waals surface area contributed by atoms with Gasteiger partial charge < -0.3 is 0 Å². The summed E-state index contributed by atoms with van der Waals surface area (Å²) in [5, 5.41) is -0.657. The molecule has 0 aromatic carbocycles. The van der Waals surface area contributed by atoms with Crippen molar-refractivity contribution >= 4 is 26.3 Å². The maximum Gasteiger partial charge on any atom is 0.381 e. The van der Waals surface area contributed by atoms with Gasteiger partial charge in [-0.3, -0.25) is 0 Å². The average molecular weight is 431 g/mol. The second-order valence-electron chi connectivity index (χ2n) is 9.44. The summed E-state index contributed by atoms with van der Waals surface area (Å²) in [5.41, 5.74) is 0. The molecule has 0 aliphatic rings. The summed E-state index contributed by atoms with van der Waals surface area (Å²) in [7, 11) is 0. The summed E-state index contributed by atoms with van der Waals surface area (Å²) in [6.45, 7) is 16.1. The Bertz CT molecular complexity index is 472. The van der Waals surface area contributed by atoms with Crippen LogP contribution in [0.4, 0.5) is 0 Å². The topological polar surface area (TPSA) is 83.3 Å². The smallest absolute Gasteiger partial charge is 0.245 e. The van der Waals surface area contributed by atoms with E-state index in [4.69, 9.17) is 14.5 Å². The van der Waals surface area contributed by atoms with Crippen LogP contribution in [0.5, 0.6) is 0 Å². The lowest BCUT2D eigenvalue weighted by Gasteiger charge is -2.20. The van der Waals surface area contributed by atoms with Gasteiger partial charge in [0.2, 0.25) is 5.39 Å². The molecule has 30 heavy (non-hydrogen) atoms. The number of rotatable bonds is 14. The van der Waals surface area contributed by atoms with Crippen molar-refractivity contribution in [3.8, 4) is 0 Å². The molecule has 0 aliphatic carbocycles. The van der Waals surface area contributed by atoms with Crippen LogP contribution in [0.2, 0.25) is 0 Å². The van der Waals surface area contributed by atoms with E-state index in [1.165, 1.54) is 0 Å². The van der Waals surface area contributed by atoms with Crippen LogP contribution in [0.1, 0.15) is 93.9 Å². The van der Waals surface area contributed by atoms with E-state index in [0.29, 0.717) is 49.4 Å². The minimum atomic E-state index is -0.657. The van der Waals surface area contributed by atoms with E-state index < -0.39 is 23.3 Å². The molecule has 0 unspecified atom stereocenters. The van der Waals surface area contributed by atoms with E-state index in [0.717, 1.165) is 0 Å². The monoisotopic (exact) mass is 431 g/mol. The maximum absolute atomic E-state index is 12.7. The van der Waals surface area contributed by atoms with Gasteiger partial charge in [-0.15, -0.1) is 0 Å². The first kappa shape index (κ1) is 30.6. The second-order valence-corrected chi connectivity index (χ2v) is 9.44. The van der Waals surface area contributed by atoms with Crippen LogP contribution in [-0.4, -0.2) is 26.3 Å². The summed E-state index contributed by atoms with van der Waals surface area (Å²) in [6, 6.07) is 0. The van der Waals surface area contributed by atoms with Crippen molar-refractivity contribution in [3.63, 3.8) is 0 Å². The average Bonchev–Trinajstić information content (AvgIpc) is 2.56. The lowest BCUT2D eigenvalue weighted by Crippen LogP contribution is -3.10. The minimum Gasteiger partial charge on any atom is -0.245 e. The molecule has 178 valence electrons. The summed E-state index contributed by atoms with van der Waals surface area (Å²) < 4.78 is 0. The van der Waals surface area contributed by atoms with Crippen molar-refractivity contribution in [2.75, 3.05) is 0 Å². The Labute approximate surface area is 184 Å². The molecule has 0 rings (SSSR count). The Balaban J connectivity index is 0. The fraction of sp³-hybridized carbons (Fsp3) is 0.864. The molecule has 0 saturated heterocycles. The van der Waals surface area contributed by atoms with Gasteiger partial charge in [-0.1, -0.05) is 63.8 Å². The van der Waals surface area contributed by atoms with Crippen LogP contribution in [-0.2, 0) is 28.9 Å². The normalized spacial score (nSPS) is 11.4. The number of carbonyl (C=O) groups is 3. The highest BCUT2D eigenvalue weighted by Gasteiger charge is 2.32. The molecule has 0 heterocycles. The third-order valence-corrected chi connectivity index (χ3v) is 4.28. The van der Waals surface area contributed by atoms with E-state index in [1.807, 2.05) is 55.4 Å². The van der Waals surface area contributed by atoms with E-state index >= 15 is 0 Å². The third-order valence-electron chi connectivity index (χ3n) is 4.28. The molecule has 0 amide bonds. The van der Waals surface area contributed by atoms with Crippen molar-refractivity contribution in [1.82, 2.24) is 0 Å². The van der Waals surface area contributed by atoms with Crippen LogP contribution in [0.3, 0.4) is 0 Å². The zero-order valence-corrected chi connectivity index (χ0v) is 19.6. The SMILES string of the molecule is CC(C)CCC(=O)O[NH+](OC(=O)CCC(C)C)OC(=O)C(CC(C)C)CC(C)C.[BH4-]. The largest absolute Gasteiger partial charge is 0.381 e. The molecule has 7 nitrogen and oxygen atoms in total. The molecular formula is C22H46BNO6. The van der Waals surface area contributed by atoms with Gasteiger partial charge in [0, 0.05) is 0 Å². The number of nitrogens with one attached hydrogen (secondary N) is 1. The van der Waals surface area contributed by atoms with Gasteiger partial charge in [-0.25, -0.2) is 14.4 Å². The predicted octanol–water partition coefficient (Wildman–Crippen LogP) is 2.38. The van der Waals surface area contributed by atoms with Crippen molar-refractivity contribution in [2.45, 2.75) is 93.9 Å². The summed E-state index contributed by atoms with van der Waals surface area (Å²) in [4.78, 5) is 52.3.